The number of aryl methyl sites for hydroxylation is 1. The second kappa shape index (κ2) is 7.45. The average Bonchev–Trinajstić information content (AvgIpc) is 2.70. The Hall–Kier alpha value is -2.79. The Morgan fingerprint density at radius 1 is 1.22 bits per heavy atom. The van der Waals surface area contributed by atoms with Gasteiger partial charge in [-0.3, -0.25) is 19.7 Å². The highest BCUT2D eigenvalue weighted by molar-refractivity contribution is 5.79. The monoisotopic (exact) mass is 361 g/mol. The standard InChI is InChI=1S/C22H23N3O2/c1-15-6-4-10-23-20(15)21(25-11-5-8-17(14-25)22(26)27)18-12-16-7-2-3-9-19(16)24-13-18/h2-4,6-7,9-10,12-13,17,21H,5,8,11,14H2,1H3,(H,26,27). The van der Waals surface area contributed by atoms with Crippen LogP contribution in [0, 0.1) is 12.8 Å². The lowest BCUT2D eigenvalue weighted by Gasteiger charge is -2.37. The van der Waals surface area contributed by atoms with Gasteiger partial charge in [-0.1, -0.05) is 24.3 Å². The lowest BCUT2D eigenvalue weighted by Crippen LogP contribution is -2.41. The summed E-state index contributed by atoms with van der Waals surface area (Å²) < 4.78 is 0. The number of carbonyl (C=O) groups is 1. The molecule has 1 saturated heterocycles. The van der Waals surface area contributed by atoms with Gasteiger partial charge >= 0.3 is 5.97 Å². The van der Waals surface area contributed by atoms with Crippen LogP contribution in [0.25, 0.3) is 10.9 Å². The first kappa shape index (κ1) is 17.6. The van der Waals surface area contributed by atoms with Gasteiger partial charge in [0.2, 0.25) is 0 Å². The molecule has 0 amide bonds. The molecule has 1 aliphatic rings. The second-order valence-electron chi connectivity index (χ2n) is 7.24. The van der Waals surface area contributed by atoms with Crippen molar-refractivity contribution in [3.63, 3.8) is 0 Å². The van der Waals surface area contributed by atoms with Crippen molar-refractivity contribution in [2.24, 2.45) is 5.92 Å². The Kier molecular flexibility index (Phi) is 4.86. The summed E-state index contributed by atoms with van der Waals surface area (Å²) in [6.07, 6.45) is 5.32. The number of fused-ring (bicyclic) bond motifs is 1. The summed E-state index contributed by atoms with van der Waals surface area (Å²) in [7, 11) is 0. The third-order valence-electron chi connectivity index (χ3n) is 5.40. The molecule has 4 rings (SSSR count). The van der Waals surface area contributed by atoms with Crippen LogP contribution in [0.2, 0.25) is 0 Å². The maximum absolute atomic E-state index is 11.6. The van der Waals surface area contributed by atoms with E-state index in [0.29, 0.717) is 6.54 Å². The van der Waals surface area contributed by atoms with Gasteiger partial charge in [0.15, 0.2) is 0 Å². The highest BCUT2D eigenvalue weighted by atomic mass is 16.4. The fourth-order valence-electron chi connectivity index (χ4n) is 4.01. The molecule has 5 nitrogen and oxygen atoms in total. The molecule has 1 N–H and O–H groups in total. The van der Waals surface area contributed by atoms with Gasteiger partial charge in [0.25, 0.3) is 0 Å². The van der Waals surface area contributed by atoms with E-state index in [1.54, 1.807) is 0 Å². The maximum atomic E-state index is 11.6. The number of aliphatic carboxylic acids is 1. The van der Waals surface area contributed by atoms with Gasteiger partial charge in [0.1, 0.15) is 0 Å². The molecule has 3 aromatic rings. The molecule has 138 valence electrons. The molecule has 0 spiro atoms. The number of likely N-dealkylation sites (tertiary alicyclic amines) is 1. The zero-order valence-electron chi connectivity index (χ0n) is 15.4. The van der Waals surface area contributed by atoms with E-state index in [9.17, 15) is 9.90 Å². The van der Waals surface area contributed by atoms with Crippen LogP contribution in [-0.2, 0) is 4.79 Å². The summed E-state index contributed by atoms with van der Waals surface area (Å²) in [5.74, 6) is -1.05. The van der Waals surface area contributed by atoms with Crippen LogP contribution in [0.5, 0.6) is 0 Å². The summed E-state index contributed by atoms with van der Waals surface area (Å²) >= 11 is 0. The van der Waals surface area contributed by atoms with Crippen LogP contribution in [0.15, 0.2) is 54.9 Å². The van der Waals surface area contributed by atoms with Crippen molar-refractivity contribution >= 4 is 16.9 Å². The summed E-state index contributed by atoms with van der Waals surface area (Å²) in [4.78, 5) is 23.1. The van der Waals surface area contributed by atoms with Gasteiger partial charge in [0.05, 0.1) is 23.2 Å². The number of pyridine rings is 2. The fourth-order valence-corrected chi connectivity index (χ4v) is 4.01. The van der Waals surface area contributed by atoms with Crippen molar-refractivity contribution in [1.29, 1.82) is 0 Å². The zero-order valence-corrected chi connectivity index (χ0v) is 15.4. The fraction of sp³-hybridized carbons (Fsp3) is 0.318. The summed E-state index contributed by atoms with van der Waals surface area (Å²) in [5.41, 5.74) is 4.09. The SMILES string of the molecule is Cc1cccnc1C(c1cnc2ccccc2c1)N1CCCC(C(=O)O)C1. The van der Waals surface area contributed by atoms with Crippen LogP contribution in [0.1, 0.15) is 35.7 Å². The number of nitrogens with zero attached hydrogens (tertiary/aromatic N) is 3. The summed E-state index contributed by atoms with van der Waals surface area (Å²) in [5, 5.41) is 10.6. The van der Waals surface area contributed by atoms with Crippen LogP contribution in [0.4, 0.5) is 0 Å². The highest BCUT2D eigenvalue weighted by Gasteiger charge is 2.32. The largest absolute Gasteiger partial charge is 0.481 e. The van der Waals surface area contributed by atoms with E-state index in [1.807, 2.05) is 36.7 Å². The molecular formula is C22H23N3O2. The predicted molar refractivity (Wildman–Crippen MR) is 104 cm³/mol. The molecular weight excluding hydrogens is 338 g/mol. The quantitative estimate of drug-likeness (QED) is 0.765. The van der Waals surface area contributed by atoms with E-state index in [2.05, 4.69) is 40.0 Å². The van der Waals surface area contributed by atoms with Gasteiger partial charge in [-0.05, 0) is 55.6 Å². The lowest BCUT2D eigenvalue weighted by molar-refractivity contribution is -0.143. The van der Waals surface area contributed by atoms with Crippen molar-refractivity contribution in [1.82, 2.24) is 14.9 Å². The van der Waals surface area contributed by atoms with Crippen molar-refractivity contribution < 1.29 is 9.90 Å². The third-order valence-corrected chi connectivity index (χ3v) is 5.40. The van der Waals surface area contributed by atoms with Crippen LogP contribution in [0.3, 0.4) is 0 Å². The summed E-state index contributed by atoms with van der Waals surface area (Å²) in [6.45, 7) is 3.45. The minimum Gasteiger partial charge on any atom is -0.481 e. The molecule has 1 aliphatic heterocycles. The Labute approximate surface area is 158 Å². The molecule has 0 radical (unpaired) electrons. The molecule has 0 bridgehead atoms. The Balaban J connectivity index is 1.80. The van der Waals surface area contributed by atoms with Gasteiger partial charge in [-0.15, -0.1) is 0 Å². The van der Waals surface area contributed by atoms with E-state index < -0.39 is 5.97 Å². The average molecular weight is 361 g/mol. The van der Waals surface area contributed by atoms with Gasteiger partial charge < -0.3 is 5.11 Å². The molecule has 5 heteroatoms. The molecule has 1 fully saturated rings. The van der Waals surface area contributed by atoms with Crippen molar-refractivity contribution in [3.05, 3.63) is 71.7 Å². The minimum atomic E-state index is -0.715. The predicted octanol–water partition coefficient (Wildman–Crippen LogP) is 3.82. The van der Waals surface area contributed by atoms with Crippen molar-refractivity contribution in [2.75, 3.05) is 13.1 Å². The number of carboxylic acids is 1. The first-order valence-electron chi connectivity index (χ1n) is 9.36. The molecule has 2 aromatic heterocycles. The van der Waals surface area contributed by atoms with Crippen LogP contribution < -0.4 is 0 Å². The number of para-hydroxylation sites is 1. The molecule has 3 heterocycles. The van der Waals surface area contributed by atoms with E-state index in [1.165, 1.54) is 0 Å². The van der Waals surface area contributed by atoms with E-state index in [-0.39, 0.29) is 12.0 Å². The molecule has 2 unspecified atom stereocenters. The number of hydrogen-bond donors (Lipinski definition) is 1. The third kappa shape index (κ3) is 3.55. The van der Waals surface area contributed by atoms with Crippen LogP contribution in [-0.4, -0.2) is 39.0 Å². The molecule has 2 atom stereocenters. The lowest BCUT2D eigenvalue weighted by atomic mass is 9.92. The normalized spacial score (nSPS) is 19.1. The topological polar surface area (TPSA) is 66.3 Å². The van der Waals surface area contributed by atoms with E-state index >= 15 is 0 Å². The number of benzene rings is 1. The Morgan fingerprint density at radius 2 is 2.07 bits per heavy atom. The number of carboxylic acid groups (broad SMARTS) is 1. The minimum absolute atomic E-state index is 0.0922. The van der Waals surface area contributed by atoms with Crippen LogP contribution >= 0.6 is 0 Å². The Bertz CT molecular complexity index is 972. The molecule has 0 saturated carbocycles. The summed E-state index contributed by atoms with van der Waals surface area (Å²) in [6, 6.07) is 14.1. The smallest absolute Gasteiger partial charge is 0.307 e. The molecule has 27 heavy (non-hydrogen) atoms. The Morgan fingerprint density at radius 3 is 2.89 bits per heavy atom. The number of rotatable bonds is 4. The molecule has 0 aliphatic carbocycles. The molecule has 1 aromatic carbocycles. The van der Waals surface area contributed by atoms with Gasteiger partial charge in [0, 0.05) is 24.3 Å². The maximum Gasteiger partial charge on any atom is 0.307 e. The number of piperidine rings is 1. The first-order chi connectivity index (χ1) is 13.1. The van der Waals surface area contributed by atoms with Gasteiger partial charge in [-0.25, -0.2) is 0 Å². The van der Waals surface area contributed by atoms with Gasteiger partial charge in [-0.2, -0.15) is 0 Å². The highest BCUT2D eigenvalue weighted by Crippen LogP contribution is 2.33. The van der Waals surface area contributed by atoms with E-state index in [0.717, 1.165) is 47.1 Å². The zero-order chi connectivity index (χ0) is 18.8. The number of hydrogen-bond acceptors (Lipinski definition) is 4. The van der Waals surface area contributed by atoms with Crippen molar-refractivity contribution in [3.8, 4) is 0 Å². The number of aromatic nitrogens is 2. The van der Waals surface area contributed by atoms with Crippen molar-refractivity contribution in [2.45, 2.75) is 25.8 Å². The second-order valence-corrected chi connectivity index (χ2v) is 7.24. The van der Waals surface area contributed by atoms with E-state index in [4.69, 9.17) is 0 Å². The first-order valence-corrected chi connectivity index (χ1v) is 9.36.